The van der Waals surface area contributed by atoms with Gasteiger partial charge in [-0.2, -0.15) is 0 Å². The number of hydrogen-bond acceptors (Lipinski definition) is 3. The summed E-state index contributed by atoms with van der Waals surface area (Å²) in [5.74, 6) is 0. The largest absolute Gasteiger partial charge is 0.345 e. The number of aliphatic hydroxyl groups excluding tert-OH is 3. The average Bonchev–Trinajstić information content (AvgIpc) is 2.74. The molecule has 4 heteroatoms. The molecule has 0 saturated carbocycles. The van der Waals surface area contributed by atoms with Crippen molar-refractivity contribution in [2.75, 3.05) is 6.54 Å². The zero-order chi connectivity index (χ0) is 24.1. The van der Waals surface area contributed by atoms with Crippen LogP contribution in [-0.4, -0.2) is 45.0 Å². The summed E-state index contributed by atoms with van der Waals surface area (Å²) in [4.78, 5) is 0. The standard InChI is InChI=1S/C28H60NO3/c1-5-6-7-8-9-10-11-12-13-14-15-16-17-18-19-20-21-22-23-24-25-29(26(2)30,27(3)31)28(4)32/h26-28,30-32H,5-25H2,1-4H3/q+1. The van der Waals surface area contributed by atoms with E-state index in [0.29, 0.717) is 6.54 Å². The Hall–Kier alpha value is -0.160. The summed E-state index contributed by atoms with van der Waals surface area (Å²) in [7, 11) is 0. The van der Waals surface area contributed by atoms with Gasteiger partial charge in [0.05, 0.1) is 6.54 Å². The molecule has 3 atom stereocenters. The Morgan fingerprint density at radius 2 is 0.625 bits per heavy atom. The van der Waals surface area contributed by atoms with E-state index in [1.807, 2.05) is 0 Å². The fraction of sp³-hybridized carbons (Fsp3) is 1.00. The van der Waals surface area contributed by atoms with Gasteiger partial charge in [-0.25, -0.2) is 4.48 Å². The fourth-order valence-corrected chi connectivity index (χ4v) is 5.14. The highest BCUT2D eigenvalue weighted by Gasteiger charge is 2.41. The monoisotopic (exact) mass is 458 g/mol. The van der Waals surface area contributed by atoms with Crippen molar-refractivity contribution >= 4 is 0 Å². The topological polar surface area (TPSA) is 60.7 Å². The molecule has 0 aliphatic rings. The maximum Gasteiger partial charge on any atom is 0.191 e. The van der Waals surface area contributed by atoms with Gasteiger partial charge in [-0.15, -0.1) is 0 Å². The Labute approximate surface area is 201 Å². The molecule has 0 amide bonds. The van der Waals surface area contributed by atoms with E-state index in [0.717, 1.165) is 12.8 Å². The molecule has 0 aromatic heterocycles. The third-order valence-electron chi connectivity index (χ3n) is 7.49. The van der Waals surface area contributed by atoms with Gasteiger partial charge < -0.3 is 15.3 Å². The molecule has 0 aromatic carbocycles. The van der Waals surface area contributed by atoms with Gasteiger partial charge in [-0.1, -0.05) is 122 Å². The summed E-state index contributed by atoms with van der Waals surface area (Å²) in [6.45, 7) is 7.89. The molecule has 0 radical (unpaired) electrons. The van der Waals surface area contributed by atoms with Crippen molar-refractivity contribution in [2.45, 2.75) is 175 Å². The second kappa shape index (κ2) is 21.4. The maximum absolute atomic E-state index is 10.1. The lowest BCUT2D eigenvalue weighted by atomic mass is 10.0. The first kappa shape index (κ1) is 31.8. The van der Waals surface area contributed by atoms with Crippen LogP contribution in [0.1, 0.15) is 156 Å². The van der Waals surface area contributed by atoms with Crippen LogP contribution in [-0.2, 0) is 0 Å². The van der Waals surface area contributed by atoms with Crippen LogP contribution >= 0.6 is 0 Å². The Morgan fingerprint density at radius 1 is 0.406 bits per heavy atom. The van der Waals surface area contributed by atoms with Crippen LogP contribution in [0.2, 0.25) is 0 Å². The molecule has 0 rings (SSSR count). The van der Waals surface area contributed by atoms with E-state index in [-0.39, 0.29) is 4.48 Å². The van der Waals surface area contributed by atoms with Gasteiger partial charge in [0.25, 0.3) is 0 Å². The molecule has 32 heavy (non-hydrogen) atoms. The van der Waals surface area contributed by atoms with Crippen molar-refractivity contribution in [1.29, 1.82) is 0 Å². The molecule has 194 valence electrons. The summed E-state index contributed by atoms with van der Waals surface area (Å²) in [5.41, 5.74) is 0. The molecule has 4 nitrogen and oxygen atoms in total. The minimum absolute atomic E-state index is 0.0426. The van der Waals surface area contributed by atoms with Gasteiger partial charge in [0, 0.05) is 20.8 Å². The molecule has 0 aliphatic carbocycles. The maximum atomic E-state index is 10.1. The summed E-state index contributed by atoms with van der Waals surface area (Å²) >= 11 is 0. The van der Waals surface area contributed by atoms with Crippen molar-refractivity contribution in [1.82, 2.24) is 0 Å². The predicted molar refractivity (Wildman–Crippen MR) is 138 cm³/mol. The highest BCUT2D eigenvalue weighted by molar-refractivity contribution is 4.53. The summed E-state index contributed by atoms with van der Waals surface area (Å²) in [5, 5.41) is 30.3. The summed E-state index contributed by atoms with van der Waals surface area (Å²) in [6.07, 6.45) is 24.8. The minimum Gasteiger partial charge on any atom is -0.345 e. The first-order valence-corrected chi connectivity index (χ1v) is 14.3. The highest BCUT2D eigenvalue weighted by atomic mass is 16.4. The predicted octanol–water partition coefficient (Wildman–Crippen LogP) is 7.64. The number of nitrogens with zero attached hydrogens (tertiary/aromatic N) is 1. The van der Waals surface area contributed by atoms with Gasteiger partial charge in [-0.05, 0) is 12.8 Å². The summed E-state index contributed by atoms with van der Waals surface area (Å²) < 4.78 is -0.0426. The number of quaternary nitrogens is 1. The molecule has 0 aliphatic heterocycles. The minimum atomic E-state index is -0.768. The molecule has 0 aromatic rings. The smallest absolute Gasteiger partial charge is 0.191 e. The van der Waals surface area contributed by atoms with Crippen LogP contribution < -0.4 is 0 Å². The van der Waals surface area contributed by atoms with Crippen LogP contribution in [0, 0.1) is 0 Å². The first-order chi connectivity index (χ1) is 15.4. The molecule has 0 spiro atoms. The van der Waals surface area contributed by atoms with Crippen molar-refractivity contribution in [3.63, 3.8) is 0 Å². The van der Waals surface area contributed by atoms with Crippen LogP contribution in [0.3, 0.4) is 0 Å². The molecule has 0 bridgehead atoms. The number of unbranched alkanes of at least 4 members (excludes halogenated alkanes) is 19. The van der Waals surface area contributed by atoms with Crippen molar-refractivity contribution < 1.29 is 19.8 Å². The Bertz CT molecular complexity index is 363. The van der Waals surface area contributed by atoms with E-state index in [9.17, 15) is 15.3 Å². The van der Waals surface area contributed by atoms with Crippen LogP contribution in [0.4, 0.5) is 0 Å². The van der Waals surface area contributed by atoms with Crippen LogP contribution in [0.15, 0.2) is 0 Å². The normalized spacial score (nSPS) is 16.6. The quantitative estimate of drug-likeness (QED) is 0.0791. The average molecular weight is 459 g/mol. The second-order valence-corrected chi connectivity index (χ2v) is 10.3. The number of rotatable bonds is 24. The highest BCUT2D eigenvalue weighted by Crippen LogP contribution is 2.23. The molecular formula is C28H60NO3+. The lowest BCUT2D eigenvalue weighted by Gasteiger charge is -2.45. The van der Waals surface area contributed by atoms with Crippen LogP contribution in [0.25, 0.3) is 0 Å². The van der Waals surface area contributed by atoms with Gasteiger partial charge in [0.15, 0.2) is 18.7 Å². The lowest BCUT2D eigenvalue weighted by molar-refractivity contribution is -1.04. The van der Waals surface area contributed by atoms with Gasteiger partial charge >= 0.3 is 0 Å². The first-order valence-electron chi connectivity index (χ1n) is 14.3. The second-order valence-electron chi connectivity index (χ2n) is 10.3. The van der Waals surface area contributed by atoms with E-state index in [1.54, 1.807) is 20.8 Å². The van der Waals surface area contributed by atoms with E-state index >= 15 is 0 Å². The lowest BCUT2D eigenvalue weighted by Crippen LogP contribution is -2.64. The number of aliphatic hydroxyl groups is 3. The Kier molecular flexibility index (Phi) is 21.3. The van der Waals surface area contributed by atoms with Crippen molar-refractivity contribution in [2.24, 2.45) is 0 Å². The van der Waals surface area contributed by atoms with E-state index in [4.69, 9.17) is 0 Å². The SMILES string of the molecule is CCCCCCCCCCCCCCCCCCCCCC[N+](C(C)O)(C(C)O)C(C)O. The van der Waals surface area contributed by atoms with Crippen molar-refractivity contribution in [3.8, 4) is 0 Å². The molecule has 0 saturated heterocycles. The molecule has 0 heterocycles. The molecular weight excluding hydrogens is 398 g/mol. The van der Waals surface area contributed by atoms with Crippen molar-refractivity contribution in [3.05, 3.63) is 0 Å². The molecule has 3 unspecified atom stereocenters. The van der Waals surface area contributed by atoms with E-state index in [1.165, 1.54) is 116 Å². The van der Waals surface area contributed by atoms with E-state index in [2.05, 4.69) is 6.92 Å². The zero-order valence-corrected chi connectivity index (χ0v) is 22.4. The fourth-order valence-electron chi connectivity index (χ4n) is 5.14. The van der Waals surface area contributed by atoms with Crippen LogP contribution in [0.5, 0.6) is 0 Å². The van der Waals surface area contributed by atoms with Gasteiger partial charge in [-0.3, -0.25) is 0 Å². The van der Waals surface area contributed by atoms with E-state index < -0.39 is 18.7 Å². The zero-order valence-electron chi connectivity index (χ0n) is 22.4. The van der Waals surface area contributed by atoms with Gasteiger partial charge in [0.1, 0.15) is 0 Å². The Balaban J connectivity index is 3.43. The summed E-state index contributed by atoms with van der Waals surface area (Å²) in [6, 6.07) is 0. The number of hydrogen-bond donors (Lipinski definition) is 3. The third kappa shape index (κ3) is 14.9. The molecule has 3 N–H and O–H groups in total. The Morgan fingerprint density at radius 3 is 0.844 bits per heavy atom. The third-order valence-corrected chi connectivity index (χ3v) is 7.49. The van der Waals surface area contributed by atoms with Gasteiger partial charge in [0.2, 0.25) is 0 Å². The molecule has 0 fully saturated rings.